The van der Waals surface area contributed by atoms with Crippen LogP contribution in [0.15, 0.2) is 12.3 Å². The van der Waals surface area contributed by atoms with Crippen molar-refractivity contribution in [3.05, 3.63) is 18.0 Å². The predicted octanol–water partition coefficient (Wildman–Crippen LogP) is 3.31. The van der Waals surface area contributed by atoms with E-state index in [1.54, 1.807) is 0 Å². The van der Waals surface area contributed by atoms with Gasteiger partial charge in [-0.05, 0) is 56.0 Å². The van der Waals surface area contributed by atoms with Crippen molar-refractivity contribution >= 4 is 0 Å². The molecule has 3 nitrogen and oxygen atoms in total. The minimum atomic E-state index is 0.270. The highest BCUT2D eigenvalue weighted by Gasteiger charge is 2.40. The standard InChI is InChI=1S/C16H27N3/c1-16(12-17,13-7-8-13)11-14-9-10-19(18-14)15-5-3-2-4-6-15/h9-10,13,15H,2-8,11-12,17H2,1H3. The maximum atomic E-state index is 6.01. The molecule has 1 atom stereocenters. The van der Waals surface area contributed by atoms with Crippen LogP contribution in [0.5, 0.6) is 0 Å². The van der Waals surface area contributed by atoms with E-state index in [1.165, 1.54) is 50.6 Å². The normalized spacial score (nSPS) is 24.3. The van der Waals surface area contributed by atoms with Crippen molar-refractivity contribution < 1.29 is 0 Å². The summed E-state index contributed by atoms with van der Waals surface area (Å²) in [6.45, 7) is 3.12. The van der Waals surface area contributed by atoms with Gasteiger partial charge in [-0.1, -0.05) is 26.2 Å². The smallest absolute Gasteiger partial charge is 0.0630 e. The average molecular weight is 261 g/mol. The van der Waals surface area contributed by atoms with Gasteiger partial charge in [-0.15, -0.1) is 0 Å². The monoisotopic (exact) mass is 261 g/mol. The molecule has 0 radical (unpaired) electrons. The van der Waals surface area contributed by atoms with Gasteiger partial charge in [0, 0.05) is 6.20 Å². The zero-order valence-corrected chi connectivity index (χ0v) is 12.1. The van der Waals surface area contributed by atoms with E-state index in [0.717, 1.165) is 18.9 Å². The highest BCUT2D eigenvalue weighted by Crippen LogP contribution is 2.46. The lowest BCUT2D eigenvalue weighted by atomic mass is 9.80. The van der Waals surface area contributed by atoms with E-state index in [2.05, 4.69) is 23.9 Å². The minimum Gasteiger partial charge on any atom is -0.330 e. The predicted molar refractivity (Wildman–Crippen MR) is 77.9 cm³/mol. The third kappa shape index (κ3) is 2.86. The summed E-state index contributed by atoms with van der Waals surface area (Å²) in [7, 11) is 0. The third-order valence-electron chi connectivity index (χ3n) is 5.23. The zero-order valence-electron chi connectivity index (χ0n) is 12.1. The summed E-state index contributed by atoms with van der Waals surface area (Å²) in [6, 6.07) is 2.86. The first-order chi connectivity index (χ1) is 9.21. The molecule has 2 aliphatic carbocycles. The van der Waals surface area contributed by atoms with Gasteiger partial charge >= 0.3 is 0 Å². The molecule has 0 saturated heterocycles. The summed E-state index contributed by atoms with van der Waals surface area (Å²) in [4.78, 5) is 0. The zero-order chi connectivity index (χ0) is 13.3. The molecule has 1 aromatic heterocycles. The molecule has 0 amide bonds. The molecule has 3 rings (SSSR count). The van der Waals surface area contributed by atoms with E-state index >= 15 is 0 Å². The molecule has 0 aromatic carbocycles. The fourth-order valence-electron chi connectivity index (χ4n) is 3.60. The number of nitrogens with zero attached hydrogens (tertiary/aromatic N) is 2. The molecule has 19 heavy (non-hydrogen) atoms. The molecule has 1 aromatic rings. The van der Waals surface area contributed by atoms with Gasteiger partial charge in [0.1, 0.15) is 0 Å². The van der Waals surface area contributed by atoms with Crippen LogP contribution in [-0.4, -0.2) is 16.3 Å². The highest BCUT2D eigenvalue weighted by atomic mass is 15.3. The van der Waals surface area contributed by atoms with Crippen LogP contribution in [0.3, 0.4) is 0 Å². The van der Waals surface area contributed by atoms with Gasteiger partial charge in [-0.2, -0.15) is 5.10 Å². The molecule has 2 aliphatic rings. The van der Waals surface area contributed by atoms with E-state index < -0.39 is 0 Å². The van der Waals surface area contributed by atoms with Crippen LogP contribution in [0.2, 0.25) is 0 Å². The quantitative estimate of drug-likeness (QED) is 0.883. The Balaban J connectivity index is 1.67. The molecule has 2 saturated carbocycles. The molecule has 1 heterocycles. The lowest BCUT2D eigenvalue weighted by Gasteiger charge is -2.27. The molecule has 0 bridgehead atoms. The summed E-state index contributed by atoms with van der Waals surface area (Å²) in [5.41, 5.74) is 7.52. The number of nitrogens with two attached hydrogens (primary N) is 1. The van der Waals surface area contributed by atoms with Crippen molar-refractivity contribution in [1.29, 1.82) is 0 Å². The Hall–Kier alpha value is -0.830. The second-order valence-corrected chi connectivity index (χ2v) is 6.89. The number of hydrogen-bond acceptors (Lipinski definition) is 2. The van der Waals surface area contributed by atoms with Gasteiger partial charge in [0.2, 0.25) is 0 Å². The van der Waals surface area contributed by atoms with E-state index in [9.17, 15) is 0 Å². The fraction of sp³-hybridized carbons (Fsp3) is 0.812. The molecule has 2 N–H and O–H groups in total. The van der Waals surface area contributed by atoms with Crippen molar-refractivity contribution in [1.82, 2.24) is 9.78 Å². The number of hydrogen-bond donors (Lipinski definition) is 1. The number of aromatic nitrogens is 2. The van der Waals surface area contributed by atoms with Gasteiger partial charge in [-0.25, -0.2) is 0 Å². The Morgan fingerprint density at radius 3 is 2.63 bits per heavy atom. The second kappa shape index (κ2) is 5.28. The van der Waals surface area contributed by atoms with Crippen LogP contribution < -0.4 is 5.73 Å². The Morgan fingerprint density at radius 1 is 1.26 bits per heavy atom. The third-order valence-corrected chi connectivity index (χ3v) is 5.23. The van der Waals surface area contributed by atoms with Crippen LogP contribution in [0, 0.1) is 11.3 Å². The summed E-state index contributed by atoms with van der Waals surface area (Å²) in [6.07, 6.45) is 12.7. The average Bonchev–Trinajstić information content (AvgIpc) is 3.21. The Morgan fingerprint density at radius 2 is 2.00 bits per heavy atom. The first-order valence-corrected chi connectivity index (χ1v) is 7.95. The maximum absolute atomic E-state index is 6.01. The molecular formula is C16H27N3. The Kier molecular flexibility index (Phi) is 3.66. The first kappa shape index (κ1) is 13.2. The Bertz CT molecular complexity index is 415. The van der Waals surface area contributed by atoms with Crippen molar-refractivity contribution in [3.63, 3.8) is 0 Å². The Labute approximate surface area is 116 Å². The van der Waals surface area contributed by atoms with Gasteiger partial charge in [-0.3, -0.25) is 4.68 Å². The van der Waals surface area contributed by atoms with Crippen LogP contribution in [0.25, 0.3) is 0 Å². The van der Waals surface area contributed by atoms with Crippen LogP contribution >= 0.6 is 0 Å². The van der Waals surface area contributed by atoms with Crippen molar-refractivity contribution in [2.75, 3.05) is 6.54 Å². The summed E-state index contributed by atoms with van der Waals surface area (Å²) in [5, 5.41) is 4.84. The number of rotatable bonds is 5. The molecule has 106 valence electrons. The second-order valence-electron chi connectivity index (χ2n) is 6.89. The van der Waals surface area contributed by atoms with E-state index in [-0.39, 0.29) is 5.41 Å². The van der Waals surface area contributed by atoms with E-state index in [1.807, 2.05) is 0 Å². The largest absolute Gasteiger partial charge is 0.330 e. The van der Waals surface area contributed by atoms with E-state index in [0.29, 0.717) is 6.04 Å². The highest BCUT2D eigenvalue weighted by molar-refractivity contribution is 5.07. The van der Waals surface area contributed by atoms with Crippen LogP contribution in [0.1, 0.15) is 63.6 Å². The fourth-order valence-corrected chi connectivity index (χ4v) is 3.60. The summed E-state index contributed by atoms with van der Waals surface area (Å²) in [5.74, 6) is 0.831. The van der Waals surface area contributed by atoms with Crippen molar-refractivity contribution in [2.45, 2.75) is 64.3 Å². The summed E-state index contributed by atoms with van der Waals surface area (Å²) >= 11 is 0. The lowest BCUT2D eigenvalue weighted by molar-refractivity contribution is 0.274. The maximum Gasteiger partial charge on any atom is 0.0630 e. The molecular weight excluding hydrogens is 234 g/mol. The van der Waals surface area contributed by atoms with Crippen molar-refractivity contribution in [2.24, 2.45) is 17.1 Å². The molecule has 1 unspecified atom stereocenters. The molecule has 0 aliphatic heterocycles. The van der Waals surface area contributed by atoms with Gasteiger partial charge < -0.3 is 5.73 Å². The SMILES string of the molecule is CC(CN)(Cc1ccn(C2CCCCC2)n1)C1CC1. The molecule has 2 fully saturated rings. The summed E-state index contributed by atoms with van der Waals surface area (Å²) < 4.78 is 2.22. The van der Waals surface area contributed by atoms with Gasteiger partial charge in [0.25, 0.3) is 0 Å². The lowest BCUT2D eigenvalue weighted by Crippen LogP contribution is -2.32. The minimum absolute atomic E-state index is 0.270. The first-order valence-electron chi connectivity index (χ1n) is 7.95. The topological polar surface area (TPSA) is 43.8 Å². The van der Waals surface area contributed by atoms with Crippen LogP contribution in [0.4, 0.5) is 0 Å². The van der Waals surface area contributed by atoms with Crippen LogP contribution in [-0.2, 0) is 6.42 Å². The molecule has 3 heteroatoms. The molecule has 0 spiro atoms. The van der Waals surface area contributed by atoms with Gasteiger partial charge in [0.05, 0.1) is 11.7 Å². The van der Waals surface area contributed by atoms with E-state index in [4.69, 9.17) is 10.8 Å². The van der Waals surface area contributed by atoms with Gasteiger partial charge in [0.15, 0.2) is 0 Å². The van der Waals surface area contributed by atoms with Crippen molar-refractivity contribution in [3.8, 4) is 0 Å².